The third-order valence-corrected chi connectivity index (χ3v) is 12.5. The van der Waals surface area contributed by atoms with Crippen molar-refractivity contribution in [1.82, 2.24) is 9.80 Å². The molecule has 58 heavy (non-hydrogen) atoms. The summed E-state index contributed by atoms with van der Waals surface area (Å²) in [7, 11) is 0. The number of benzene rings is 3. The lowest BCUT2D eigenvalue weighted by molar-refractivity contribution is -0.141. The Labute approximate surface area is 344 Å². The van der Waals surface area contributed by atoms with E-state index < -0.39 is 11.9 Å². The van der Waals surface area contributed by atoms with E-state index in [1.54, 1.807) is 18.2 Å². The Morgan fingerprint density at radius 3 is 2.07 bits per heavy atom. The number of rotatable bonds is 20. The number of fused-ring (bicyclic) bond motifs is 1. The van der Waals surface area contributed by atoms with Crippen molar-refractivity contribution in [1.29, 1.82) is 0 Å². The first-order valence-electron chi connectivity index (χ1n) is 20.6. The molecule has 306 valence electrons. The monoisotopic (exact) mass is 806 g/mol. The molecule has 1 fully saturated rings. The summed E-state index contributed by atoms with van der Waals surface area (Å²) in [6.07, 6.45) is 8.78. The zero-order valence-corrected chi connectivity index (χ0v) is 34.2. The molecule has 0 bridgehead atoms. The highest BCUT2D eigenvalue weighted by molar-refractivity contribution is 7.17. The number of hydrogen-bond acceptors (Lipinski definition) is 7. The van der Waals surface area contributed by atoms with Crippen molar-refractivity contribution >= 4 is 51.7 Å². The molecule has 11 nitrogen and oxygen atoms in total. The SMILES string of the molecule is CCC(CC)N(CCN(C(=O)CCC(=O)O)C1CC1)Cc1cccc(C(=O)Nc2sc3c(c2C(=O)Nc2ccc(CCc4ccc(C(=O)O)cc4)cc2)CCCC3)c1. The van der Waals surface area contributed by atoms with Gasteiger partial charge in [0, 0.05) is 54.3 Å². The van der Waals surface area contributed by atoms with E-state index in [2.05, 4.69) is 29.4 Å². The van der Waals surface area contributed by atoms with Gasteiger partial charge in [-0.3, -0.25) is 24.1 Å². The lowest BCUT2D eigenvalue weighted by Crippen LogP contribution is -2.43. The summed E-state index contributed by atoms with van der Waals surface area (Å²) in [6, 6.07) is 22.7. The molecule has 1 saturated carbocycles. The highest BCUT2D eigenvalue weighted by atomic mass is 32.1. The average Bonchev–Trinajstić information content (AvgIpc) is 4.00. The fraction of sp³-hybridized carbons (Fsp3) is 0.413. The van der Waals surface area contributed by atoms with Gasteiger partial charge < -0.3 is 25.7 Å². The summed E-state index contributed by atoms with van der Waals surface area (Å²) >= 11 is 1.48. The maximum Gasteiger partial charge on any atom is 0.335 e. The largest absolute Gasteiger partial charge is 0.481 e. The number of amides is 3. The van der Waals surface area contributed by atoms with Crippen molar-refractivity contribution in [2.75, 3.05) is 23.7 Å². The van der Waals surface area contributed by atoms with Crippen LogP contribution in [-0.4, -0.2) is 74.8 Å². The molecule has 4 aromatic rings. The second kappa shape index (κ2) is 19.9. The summed E-state index contributed by atoms with van der Waals surface area (Å²) in [6.45, 7) is 6.07. The van der Waals surface area contributed by atoms with Gasteiger partial charge in [0.2, 0.25) is 5.91 Å². The number of carbonyl (C=O) groups is 5. The van der Waals surface area contributed by atoms with E-state index in [4.69, 9.17) is 10.2 Å². The van der Waals surface area contributed by atoms with Gasteiger partial charge in [0.1, 0.15) is 5.00 Å². The molecule has 3 amide bonds. The van der Waals surface area contributed by atoms with Crippen molar-refractivity contribution in [3.63, 3.8) is 0 Å². The first-order chi connectivity index (χ1) is 28.0. The minimum atomic E-state index is -0.968. The predicted octanol–water partition coefficient (Wildman–Crippen LogP) is 8.46. The quantitative estimate of drug-likeness (QED) is 0.0694. The topological polar surface area (TPSA) is 156 Å². The number of anilines is 2. The number of hydrogen-bond donors (Lipinski definition) is 4. The number of carboxylic acids is 2. The van der Waals surface area contributed by atoms with Crippen LogP contribution < -0.4 is 10.6 Å². The van der Waals surface area contributed by atoms with Crippen LogP contribution in [0.5, 0.6) is 0 Å². The fourth-order valence-corrected chi connectivity index (χ4v) is 9.13. The van der Waals surface area contributed by atoms with E-state index in [-0.39, 0.29) is 48.2 Å². The molecule has 0 unspecified atom stereocenters. The van der Waals surface area contributed by atoms with E-state index in [1.165, 1.54) is 11.3 Å². The third kappa shape index (κ3) is 11.2. The summed E-state index contributed by atoms with van der Waals surface area (Å²) < 4.78 is 0. The summed E-state index contributed by atoms with van der Waals surface area (Å²) in [5, 5.41) is 25.0. The van der Waals surface area contributed by atoms with Crippen LogP contribution in [0.2, 0.25) is 0 Å². The summed E-state index contributed by atoms with van der Waals surface area (Å²) in [5.41, 5.74) is 6.06. The van der Waals surface area contributed by atoms with E-state index in [1.807, 2.05) is 59.5 Å². The highest BCUT2D eigenvalue weighted by Crippen LogP contribution is 2.39. The first-order valence-corrected chi connectivity index (χ1v) is 21.4. The maximum absolute atomic E-state index is 14.0. The molecule has 0 atom stereocenters. The van der Waals surface area contributed by atoms with Gasteiger partial charge in [0.15, 0.2) is 0 Å². The zero-order chi connectivity index (χ0) is 41.2. The van der Waals surface area contributed by atoms with E-state index in [0.717, 1.165) is 91.3 Å². The number of aliphatic carboxylic acids is 1. The number of nitrogens with one attached hydrogen (secondary N) is 2. The lowest BCUT2D eigenvalue weighted by Gasteiger charge is -2.33. The number of aryl methyl sites for hydroxylation is 3. The number of aromatic carboxylic acids is 1. The Morgan fingerprint density at radius 1 is 0.759 bits per heavy atom. The van der Waals surface area contributed by atoms with E-state index >= 15 is 0 Å². The van der Waals surface area contributed by atoms with Crippen LogP contribution in [0.3, 0.4) is 0 Å². The first kappa shape index (κ1) is 42.3. The maximum atomic E-state index is 14.0. The van der Waals surface area contributed by atoms with Gasteiger partial charge in [0.05, 0.1) is 17.5 Å². The Kier molecular flexibility index (Phi) is 14.5. The second-order valence-corrected chi connectivity index (χ2v) is 16.5. The van der Waals surface area contributed by atoms with Crippen molar-refractivity contribution < 1.29 is 34.2 Å². The molecule has 0 spiro atoms. The molecule has 6 rings (SSSR count). The predicted molar refractivity (Wildman–Crippen MR) is 227 cm³/mol. The Morgan fingerprint density at radius 2 is 1.43 bits per heavy atom. The van der Waals surface area contributed by atoms with Gasteiger partial charge >= 0.3 is 11.9 Å². The molecule has 12 heteroatoms. The zero-order valence-electron chi connectivity index (χ0n) is 33.4. The van der Waals surface area contributed by atoms with E-state index in [0.29, 0.717) is 41.4 Å². The number of thiophene rings is 1. The van der Waals surface area contributed by atoms with Crippen LogP contribution in [0.25, 0.3) is 0 Å². The molecule has 2 aliphatic carbocycles. The number of carbonyl (C=O) groups excluding carboxylic acids is 3. The van der Waals surface area contributed by atoms with E-state index in [9.17, 15) is 24.0 Å². The molecule has 1 heterocycles. The minimum absolute atomic E-state index is 0.00859. The molecule has 0 saturated heterocycles. The smallest absolute Gasteiger partial charge is 0.335 e. The standard InChI is InChI=1S/C46H54N4O7S/c1-3-36(4-2)49(26-27-50(37-22-23-37)40(51)24-25-41(52)53)29-32-8-7-9-34(28-32)43(54)48-45-42(38-10-5-6-11-39(38)58-45)44(55)47-35-20-16-31(17-21-35)13-12-30-14-18-33(19-15-30)46(56)57/h7-9,14-21,28,36-37H,3-6,10-13,22-27,29H2,1-2H3,(H,47,55)(H,48,54)(H,52,53)(H,56,57). The molecule has 2 aliphatic rings. The Hall–Kier alpha value is -5.33. The van der Waals surface area contributed by atoms with Crippen molar-refractivity contribution in [2.24, 2.45) is 0 Å². The second-order valence-electron chi connectivity index (χ2n) is 15.4. The van der Waals surface area contributed by atoms with Crippen LogP contribution in [0.1, 0.15) is 123 Å². The van der Waals surface area contributed by atoms with Crippen LogP contribution in [-0.2, 0) is 41.8 Å². The van der Waals surface area contributed by atoms with Crippen molar-refractivity contribution in [3.8, 4) is 0 Å². The molecular weight excluding hydrogens is 753 g/mol. The van der Waals surface area contributed by atoms with Crippen LogP contribution >= 0.6 is 11.3 Å². The lowest BCUT2D eigenvalue weighted by atomic mass is 9.95. The van der Waals surface area contributed by atoms with Gasteiger partial charge in [-0.15, -0.1) is 11.3 Å². The molecule has 1 aromatic heterocycles. The van der Waals surface area contributed by atoms with Gasteiger partial charge in [-0.2, -0.15) is 0 Å². The van der Waals surface area contributed by atoms with Crippen molar-refractivity contribution in [3.05, 3.63) is 117 Å². The van der Waals surface area contributed by atoms with Crippen LogP contribution in [0.15, 0.2) is 72.8 Å². The molecule has 4 N–H and O–H groups in total. The van der Waals surface area contributed by atoms with Crippen LogP contribution in [0.4, 0.5) is 10.7 Å². The Balaban J connectivity index is 1.11. The Bertz CT molecular complexity index is 2090. The molecule has 0 radical (unpaired) electrons. The van der Waals surface area contributed by atoms with Gasteiger partial charge in [-0.05, 0) is 123 Å². The van der Waals surface area contributed by atoms with Crippen molar-refractivity contribution in [2.45, 2.75) is 110 Å². The van der Waals surface area contributed by atoms with Crippen LogP contribution in [0, 0.1) is 0 Å². The minimum Gasteiger partial charge on any atom is -0.481 e. The average molecular weight is 807 g/mol. The summed E-state index contributed by atoms with van der Waals surface area (Å²) in [4.78, 5) is 68.5. The number of nitrogens with zero attached hydrogens (tertiary/aromatic N) is 2. The van der Waals surface area contributed by atoms with Gasteiger partial charge in [-0.1, -0.05) is 50.2 Å². The molecule has 3 aromatic carbocycles. The van der Waals surface area contributed by atoms with Gasteiger partial charge in [-0.25, -0.2) is 4.79 Å². The summed E-state index contributed by atoms with van der Waals surface area (Å²) in [5.74, 6) is -2.55. The fourth-order valence-electron chi connectivity index (χ4n) is 7.85. The van der Waals surface area contributed by atoms with Gasteiger partial charge in [0.25, 0.3) is 11.8 Å². The molecular formula is C46H54N4O7S. The third-order valence-electron chi connectivity index (χ3n) is 11.3. The number of carboxylic acid groups (broad SMARTS) is 2. The normalized spacial score (nSPS) is 13.6. The molecule has 0 aliphatic heterocycles. The highest BCUT2D eigenvalue weighted by Gasteiger charge is 2.33.